The van der Waals surface area contributed by atoms with Gasteiger partial charge in [0.15, 0.2) is 6.61 Å². The van der Waals surface area contributed by atoms with E-state index in [0.29, 0.717) is 22.8 Å². The monoisotopic (exact) mass is 474 g/mol. The lowest BCUT2D eigenvalue weighted by atomic mass is 10.2. The van der Waals surface area contributed by atoms with Crippen LogP contribution in [0.4, 0.5) is 11.4 Å². The van der Waals surface area contributed by atoms with Crippen molar-refractivity contribution >= 4 is 45.0 Å². The number of carbonyl (C=O) groups excluding carboxylic acids is 3. The van der Waals surface area contributed by atoms with Gasteiger partial charge in [0, 0.05) is 28.5 Å². The summed E-state index contributed by atoms with van der Waals surface area (Å²) in [6, 6.07) is 12.1. The van der Waals surface area contributed by atoms with E-state index in [2.05, 4.69) is 44.0 Å². The fourth-order valence-corrected chi connectivity index (χ4v) is 2.58. The zero-order valence-corrected chi connectivity index (χ0v) is 18.3. The molecule has 2 aromatic carbocycles. The molecule has 0 fully saturated rings. The summed E-state index contributed by atoms with van der Waals surface area (Å²) in [5.41, 5.74) is 7.55. The van der Waals surface area contributed by atoms with E-state index < -0.39 is 5.91 Å². The Bertz CT molecular complexity index is 945. The summed E-state index contributed by atoms with van der Waals surface area (Å²) in [5.74, 6) is -0.316. The number of amides is 3. The molecular formula is C21H23BrN4O4. The third-order valence-electron chi connectivity index (χ3n) is 3.74. The smallest absolute Gasteiger partial charge is 0.276 e. The maximum atomic E-state index is 12.1. The molecule has 8 nitrogen and oxygen atoms in total. The van der Waals surface area contributed by atoms with Gasteiger partial charge in [-0.05, 0) is 55.0 Å². The van der Waals surface area contributed by atoms with Crippen LogP contribution in [0.15, 0.2) is 59.2 Å². The molecule has 0 aliphatic rings. The highest BCUT2D eigenvalue weighted by molar-refractivity contribution is 9.10. The average Bonchev–Trinajstić information content (AvgIpc) is 2.68. The molecule has 30 heavy (non-hydrogen) atoms. The Labute approximate surface area is 183 Å². The van der Waals surface area contributed by atoms with E-state index in [-0.39, 0.29) is 24.8 Å². The molecule has 158 valence electrons. The highest BCUT2D eigenvalue weighted by atomic mass is 79.9. The summed E-state index contributed by atoms with van der Waals surface area (Å²) < 4.78 is 6.38. The molecule has 0 unspecified atom stereocenters. The fraction of sp³-hybridized carbons (Fsp3) is 0.190. The molecule has 0 bridgehead atoms. The summed E-state index contributed by atoms with van der Waals surface area (Å²) in [4.78, 5) is 35.0. The van der Waals surface area contributed by atoms with Gasteiger partial charge in [-0.2, -0.15) is 0 Å². The molecule has 0 saturated heterocycles. The minimum atomic E-state index is -0.411. The number of hydrazine groups is 1. The molecule has 0 aliphatic heterocycles. The van der Waals surface area contributed by atoms with Crippen molar-refractivity contribution in [3.63, 3.8) is 0 Å². The number of anilines is 2. The van der Waals surface area contributed by atoms with E-state index in [1.54, 1.807) is 30.3 Å². The summed E-state index contributed by atoms with van der Waals surface area (Å²) in [6.45, 7) is 6.87. The number of hydrogen-bond acceptors (Lipinski definition) is 5. The molecular weight excluding hydrogens is 452 g/mol. The Balaban J connectivity index is 1.70. The van der Waals surface area contributed by atoms with Crippen molar-refractivity contribution in [2.24, 2.45) is 0 Å². The second-order valence-corrected chi connectivity index (χ2v) is 7.31. The number of carbonyl (C=O) groups is 3. The third-order valence-corrected chi connectivity index (χ3v) is 4.63. The van der Waals surface area contributed by atoms with Crippen molar-refractivity contribution in [1.29, 1.82) is 0 Å². The third kappa shape index (κ3) is 7.96. The van der Waals surface area contributed by atoms with Gasteiger partial charge < -0.3 is 20.8 Å². The average molecular weight is 475 g/mol. The zero-order valence-electron chi connectivity index (χ0n) is 16.7. The van der Waals surface area contributed by atoms with E-state index in [9.17, 15) is 14.4 Å². The van der Waals surface area contributed by atoms with E-state index in [4.69, 9.17) is 4.74 Å². The molecule has 0 atom stereocenters. The molecule has 0 aromatic heterocycles. The first kappa shape index (κ1) is 23.0. The number of ether oxygens (including phenoxy) is 1. The Morgan fingerprint density at radius 2 is 1.60 bits per heavy atom. The fourth-order valence-electron chi connectivity index (χ4n) is 2.33. The lowest BCUT2D eigenvalue weighted by Gasteiger charge is -2.12. The van der Waals surface area contributed by atoms with E-state index in [1.807, 2.05) is 19.1 Å². The van der Waals surface area contributed by atoms with Crippen molar-refractivity contribution in [3.8, 4) is 5.75 Å². The molecule has 2 aromatic rings. The van der Waals surface area contributed by atoms with Crippen LogP contribution in [0.25, 0.3) is 0 Å². The molecule has 4 N–H and O–H groups in total. The Kier molecular flexibility index (Phi) is 8.42. The van der Waals surface area contributed by atoms with Crippen LogP contribution >= 0.6 is 15.9 Å². The van der Waals surface area contributed by atoms with Gasteiger partial charge in [-0.25, -0.2) is 0 Å². The maximum absolute atomic E-state index is 12.1. The standard InChI is InChI=1S/C21H23BrN4O4/c1-13-10-18(8-9-19(13)22)30-12-21(29)26-25-14(2)11-20(28)24-17-6-4-16(5-7-17)23-15(3)27/h4-10,25H,2,11-12H2,1,3H3,(H,23,27)(H,24,28)(H,26,29). The Morgan fingerprint density at radius 3 is 2.20 bits per heavy atom. The summed E-state index contributed by atoms with van der Waals surface area (Å²) in [7, 11) is 0. The first-order chi connectivity index (χ1) is 14.2. The van der Waals surface area contributed by atoms with Crippen molar-refractivity contribution in [2.75, 3.05) is 17.2 Å². The minimum Gasteiger partial charge on any atom is -0.484 e. The van der Waals surface area contributed by atoms with Crippen LogP contribution in [-0.2, 0) is 14.4 Å². The summed E-state index contributed by atoms with van der Waals surface area (Å²) >= 11 is 3.40. The van der Waals surface area contributed by atoms with Crippen molar-refractivity contribution in [1.82, 2.24) is 10.9 Å². The molecule has 0 saturated carbocycles. The molecule has 9 heteroatoms. The lowest BCUT2D eigenvalue weighted by Crippen LogP contribution is -2.40. The second-order valence-electron chi connectivity index (χ2n) is 6.46. The van der Waals surface area contributed by atoms with Crippen molar-refractivity contribution < 1.29 is 19.1 Å². The largest absolute Gasteiger partial charge is 0.484 e. The first-order valence-electron chi connectivity index (χ1n) is 9.02. The number of rotatable bonds is 9. The Morgan fingerprint density at radius 1 is 0.967 bits per heavy atom. The number of aryl methyl sites for hydroxylation is 1. The molecule has 0 radical (unpaired) electrons. The van der Waals surface area contributed by atoms with Crippen molar-refractivity contribution in [2.45, 2.75) is 20.3 Å². The number of nitrogens with one attached hydrogen (secondary N) is 4. The van der Waals surface area contributed by atoms with Gasteiger partial charge in [0.25, 0.3) is 5.91 Å². The molecule has 2 rings (SSSR count). The lowest BCUT2D eigenvalue weighted by molar-refractivity contribution is -0.124. The van der Waals surface area contributed by atoms with Gasteiger partial charge in [0.2, 0.25) is 11.8 Å². The van der Waals surface area contributed by atoms with E-state index >= 15 is 0 Å². The quantitative estimate of drug-likeness (QED) is 0.417. The van der Waals surface area contributed by atoms with Gasteiger partial charge in [-0.1, -0.05) is 22.5 Å². The van der Waals surface area contributed by atoms with Gasteiger partial charge >= 0.3 is 0 Å². The van der Waals surface area contributed by atoms with Crippen LogP contribution in [0, 0.1) is 6.92 Å². The maximum Gasteiger partial charge on any atom is 0.276 e. The van der Waals surface area contributed by atoms with Gasteiger partial charge in [-0.3, -0.25) is 19.8 Å². The van der Waals surface area contributed by atoms with Gasteiger partial charge in [-0.15, -0.1) is 0 Å². The van der Waals surface area contributed by atoms with Gasteiger partial charge in [0.1, 0.15) is 5.75 Å². The summed E-state index contributed by atoms with van der Waals surface area (Å²) in [6.07, 6.45) is -0.0412. The normalized spacial score (nSPS) is 9.97. The van der Waals surface area contributed by atoms with Crippen LogP contribution in [-0.4, -0.2) is 24.3 Å². The van der Waals surface area contributed by atoms with Gasteiger partial charge in [0.05, 0.1) is 6.42 Å². The van der Waals surface area contributed by atoms with Crippen LogP contribution < -0.4 is 26.2 Å². The summed E-state index contributed by atoms with van der Waals surface area (Å²) in [5, 5.41) is 5.35. The zero-order chi connectivity index (χ0) is 22.1. The SMILES string of the molecule is C=C(CC(=O)Nc1ccc(NC(C)=O)cc1)NNC(=O)COc1ccc(Br)c(C)c1. The topological polar surface area (TPSA) is 109 Å². The predicted molar refractivity (Wildman–Crippen MR) is 119 cm³/mol. The Hall–Kier alpha value is -3.33. The van der Waals surface area contributed by atoms with E-state index in [0.717, 1.165) is 10.0 Å². The van der Waals surface area contributed by atoms with Crippen molar-refractivity contribution in [3.05, 3.63) is 64.8 Å². The predicted octanol–water partition coefficient (Wildman–Crippen LogP) is 3.26. The second kappa shape index (κ2) is 11.0. The minimum absolute atomic E-state index is 0.0412. The molecule has 3 amide bonds. The van der Waals surface area contributed by atoms with Crippen LogP contribution in [0.2, 0.25) is 0 Å². The highest BCUT2D eigenvalue weighted by Crippen LogP contribution is 2.21. The number of hydrogen-bond donors (Lipinski definition) is 4. The van der Waals surface area contributed by atoms with E-state index in [1.165, 1.54) is 6.92 Å². The molecule has 0 spiro atoms. The molecule has 0 heterocycles. The number of benzene rings is 2. The van der Waals surface area contributed by atoms with Crippen LogP contribution in [0.5, 0.6) is 5.75 Å². The first-order valence-corrected chi connectivity index (χ1v) is 9.81. The highest BCUT2D eigenvalue weighted by Gasteiger charge is 2.08. The van der Waals surface area contributed by atoms with Crippen LogP contribution in [0.3, 0.4) is 0 Å². The van der Waals surface area contributed by atoms with Crippen LogP contribution in [0.1, 0.15) is 18.9 Å². The number of halogens is 1. The molecule has 0 aliphatic carbocycles.